The van der Waals surface area contributed by atoms with Crippen molar-refractivity contribution in [1.82, 2.24) is 4.90 Å². The molecule has 0 radical (unpaired) electrons. The molecule has 2 aromatic rings. The fraction of sp³-hybridized carbons (Fsp3) is 0.235. The van der Waals surface area contributed by atoms with Crippen molar-refractivity contribution in [2.24, 2.45) is 0 Å². The average molecular weight is 284 g/mol. The summed E-state index contributed by atoms with van der Waals surface area (Å²) in [5, 5.41) is 0. The maximum Gasteiger partial charge on any atom is 0.257 e. The zero-order valence-electron chi connectivity index (χ0n) is 11.7. The van der Waals surface area contributed by atoms with Crippen molar-refractivity contribution in [3.05, 3.63) is 65.0 Å². The normalized spacial score (nSPS) is 14.4. The number of hydrogen-bond donors (Lipinski definition) is 1. The van der Waals surface area contributed by atoms with Crippen LogP contribution in [0, 0.1) is 5.82 Å². The Morgan fingerprint density at radius 2 is 1.90 bits per heavy atom. The third kappa shape index (κ3) is 2.75. The number of carbonyl (C=O) groups excluding carboxylic acids is 1. The quantitative estimate of drug-likeness (QED) is 0.818. The van der Waals surface area contributed by atoms with Crippen molar-refractivity contribution in [2.45, 2.75) is 19.4 Å². The number of nitrogen functional groups attached to an aromatic ring is 1. The van der Waals surface area contributed by atoms with E-state index in [-0.39, 0.29) is 11.5 Å². The molecular formula is C17H17FN2O. The van der Waals surface area contributed by atoms with Crippen LogP contribution in [-0.2, 0) is 13.0 Å². The highest BCUT2D eigenvalue weighted by molar-refractivity contribution is 5.94. The molecule has 0 saturated carbocycles. The van der Waals surface area contributed by atoms with Crippen molar-refractivity contribution in [3.63, 3.8) is 0 Å². The Hall–Kier alpha value is -2.36. The standard InChI is InChI=1S/C17H17FN2O/c18-16-10-14(19)7-8-15(16)17(21)20-9-3-6-12-4-1-2-5-13(12)11-20/h1-2,4-5,7-8,10H,3,6,9,11,19H2. The number of fused-ring (bicyclic) bond motifs is 1. The Labute approximate surface area is 123 Å². The zero-order valence-corrected chi connectivity index (χ0v) is 11.7. The molecule has 0 aromatic heterocycles. The molecule has 3 rings (SSSR count). The molecular weight excluding hydrogens is 267 g/mol. The molecule has 3 nitrogen and oxygen atoms in total. The lowest BCUT2D eigenvalue weighted by Crippen LogP contribution is -2.31. The van der Waals surface area contributed by atoms with E-state index in [0.717, 1.165) is 18.4 Å². The first kappa shape index (κ1) is 13.6. The van der Waals surface area contributed by atoms with Gasteiger partial charge < -0.3 is 10.6 Å². The molecule has 1 amide bonds. The molecule has 2 aromatic carbocycles. The van der Waals surface area contributed by atoms with E-state index >= 15 is 0 Å². The Kier molecular flexibility index (Phi) is 3.60. The van der Waals surface area contributed by atoms with Crippen LogP contribution in [0.25, 0.3) is 0 Å². The van der Waals surface area contributed by atoms with Gasteiger partial charge in [0, 0.05) is 18.8 Å². The van der Waals surface area contributed by atoms with E-state index in [1.807, 2.05) is 18.2 Å². The fourth-order valence-electron chi connectivity index (χ4n) is 2.75. The van der Waals surface area contributed by atoms with Crippen molar-refractivity contribution in [3.8, 4) is 0 Å². The molecule has 108 valence electrons. The molecule has 1 aliphatic heterocycles. The van der Waals surface area contributed by atoms with Crippen LogP contribution < -0.4 is 5.73 Å². The molecule has 2 N–H and O–H groups in total. The Bertz CT molecular complexity index is 684. The number of halogens is 1. The lowest BCUT2D eigenvalue weighted by atomic mass is 10.0. The number of hydrogen-bond acceptors (Lipinski definition) is 2. The molecule has 0 fully saturated rings. The van der Waals surface area contributed by atoms with Gasteiger partial charge in [-0.05, 0) is 42.2 Å². The largest absolute Gasteiger partial charge is 0.399 e. The summed E-state index contributed by atoms with van der Waals surface area (Å²) in [6.45, 7) is 1.16. The van der Waals surface area contributed by atoms with E-state index in [4.69, 9.17) is 5.73 Å². The van der Waals surface area contributed by atoms with Gasteiger partial charge in [0.2, 0.25) is 0 Å². The molecule has 0 atom stereocenters. The van der Waals surface area contributed by atoms with Crippen LogP contribution in [0.15, 0.2) is 42.5 Å². The Balaban J connectivity index is 1.88. The van der Waals surface area contributed by atoms with Crippen LogP contribution in [0.5, 0.6) is 0 Å². The number of benzene rings is 2. The van der Waals surface area contributed by atoms with Gasteiger partial charge in [-0.15, -0.1) is 0 Å². The summed E-state index contributed by atoms with van der Waals surface area (Å²) in [4.78, 5) is 14.2. The van der Waals surface area contributed by atoms with E-state index in [1.165, 1.54) is 17.7 Å². The van der Waals surface area contributed by atoms with Crippen molar-refractivity contribution >= 4 is 11.6 Å². The van der Waals surface area contributed by atoms with Crippen LogP contribution in [0.1, 0.15) is 27.9 Å². The first-order valence-corrected chi connectivity index (χ1v) is 7.06. The van der Waals surface area contributed by atoms with Crippen molar-refractivity contribution in [2.75, 3.05) is 12.3 Å². The van der Waals surface area contributed by atoms with Crippen molar-refractivity contribution in [1.29, 1.82) is 0 Å². The summed E-state index contributed by atoms with van der Waals surface area (Å²) in [5.74, 6) is -0.832. The lowest BCUT2D eigenvalue weighted by molar-refractivity contribution is 0.0741. The molecule has 0 unspecified atom stereocenters. The minimum Gasteiger partial charge on any atom is -0.399 e. The van der Waals surface area contributed by atoms with Crippen LogP contribution in [-0.4, -0.2) is 17.4 Å². The minimum absolute atomic E-state index is 0.0866. The zero-order chi connectivity index (χ0) is 14.8. The molecule has 0 saturated heterocycles. The van der Waals surface area contributed by atoms with E-state index in [9.17, 15) is 9.18 Å². The Morgan fingerprint density at radius 3 is 2.67 bits per heavy atom. The molecule has 0 aliphatic carbocycles. The lowest BCUT2D eigenvalue weighted by Gasteiger charge is -2.21. The first-order chi connectivity index (χ1) is 10.1. The second-order valence-electron chi connectivity index (χ2n) is 5.34. The molecule has 0 spiro atoms. The summed E-state index contributed by atoms with van der Waals surface area (Å²) < 4.78 is 13.9. The number of carbonyl (C=O) groups is 1. The summed E-state index contributed by atoms with van der Waals surface area (Å²) in [5.41, 5.74) is 8.35. The van der Waals surface area contributed by atoms with Crippen LogP contribution in [0.2, 0.25) is 0 Å². The highest BCUT2D eigenvalue weighted by Crippen LogP contribution is 2.21. The molecule has 4 heteroatoms. The van der Waals surface area contributed by atoms with Gasteiger partial charge in [0.1, 0.15) is 5.82 Å². The summed E-state index contributed by atoms with van der Waals surface area (Å²) >= 11 is 0. The van der Waals surface area contributed by atoms with Crippen LogP contribution in [0.3, 0.4) is 0 Å². The van der Waals surface area contributed by atoms with Gasteiger partial charge in [0.25, 0.3) is 5.91 Å². The smallest absolute Gasteiger partial charge is 0.257 e. The van der Waals surface area contributed by atoms with E-state index < -0.39 is 5.82 Å². The Morgan fingerprint density at radius 1 is 1.14 bits per heavy atom. The molecule has 1 heterocycles. The SMILES string of the molecule is Nc1ccc(C(=O)N2CCCc3ccccc3C2)c(F)c1. The predicted octanol–water partition coefficient (Wildman–Crippen LogP) is 3.00. The topological polar surface area (TPSA) is 46.3 Å². The third-order valence-electron chi connectivity index (χ3n) is 3.86. The highest BCUT2D eigenvalue weighted by atomic mass is 19.1. The highest BCUT2D eigenvalue weighted by Gasteiger charge is 2.22. The second-order valence-corrected chi connectivity index (χ2v) is 5.34. The fourth-order valence-corrected chi connectivity index (χ4v) is 2.75. The van der Waals surface area contributed by atoms with E-state index in [0.29, 0.717) is 18.8 Å². The van der Waals surface area contributed by atoms with Crippen LogP contribution in [0.4, 0.5) is 10.1 Å². The van der Waals surface area contributed by atoms with E-state index in [2.05, 4.69) is 6.07 Å². The monoisotopic (exact) mass is 284 g/mol. The average Bonchev–Trinajstić information content (AvgIpc) is 2.68. The molecule has 0 bridgehead atoms. The van der Waals surface area contributed by atoms with Gasteiger partial charge in [-0.25, -0.2) is 4.39 Å². The first-order valence-electron chi connectivity index (χ1n) is 7.06. The van der Waals surface area contributed by atoms with Gasteiger partial charge in [0.05, 0.1) is 5.56 Å². The van der Waals surface area contributed by atoms with E-state index in [1.54, 1.807) is 11.0 Å². The summed E-state index contributed by atoms with van der Waals surface area (Å²) in [6, 6.07) is 12.3. The van der Waals surface area contributed by atoms with Gasteiger partial charge in [0.15, 0.2) is 0 Å². The third-order valence-corrected chi connectivity index (χ3v) is 3.86. The summed E-state index contributed by atoms with van der Waals surface area (Å²) in [6.07, 6.45) is 1.84. The number of nitrogens with two attached hydrogens (primary N) is 1. The number of aryl methyl sites for hydroxylation is 1. The van der Waals surface area contributed by atoms with Gasteiger partial charge in [-0.1, -0.05) is 24.3 Å². The van der Waals surface area contributed by atoms with Gasteiger partial charge in [-0.2, -0.15) is 0 Å². The second kappa shape index (κ2) is 5.56. The number of rotatable bonds is 1. The minimum atomic E-state index is -0.558. The van der Waals surface area contributed by atoms with Crippen molar-refractivity contribution < 1.29 is 9.18 Å². The molecule has 1 aliphatic rings. The van der Waals surface area contributed by atoms with Gasteiger partial charge >= 0.3 is 0 Å². The van der Waals surface area contributed by atoms with Crippen LogP contribution >= 0.6 is 0 Å². The maximum absolute atomic E-state index is 13.9. The number of nitrogens with zero attached hydrogens (tertiary/aromatic N) is 1. The number of anilines is 1. The van der Waals surface area contributed by atoms with Gasteiger partial charge in [-0.3, -0.25) is 4.79 Å². The number of amides is 1. The predicted molar refractivity (Wildman–Crippen MR) is 80.3 cm³/mol. The summed E-state index contributed by atoms with van der Waals surface area (Å²) in [7, 11) is 0. The molecule has 21 heavy (non-hydrogen) atoms. The maximum atomic E-state index is 13.9.